The fourth-order valence-corrected chi connectivity index (χ4v) is 3.76. The standard InChI is InChI=1S/C23H24FN3O/c1-17-5-7-18(8-6-17)13-23(28)26-11-9-19(10-12-26)20-15-25-27(16-20)22-4-2-3-21(24)14-22/h2-8,14-16,19H,9-13H2,1H3. The number of hydrogen-bond donors (Lipinski definition) is 0. The molecule has 0 unspecified atom stereocenters. The van der Waals surface area contributed by atoms with Crippen molar-refractivity contribution in [3.05, 3.63) is 83.4 Å². The third kappa shape index (κ3) is 4.14. The van der Waals surface area contributed by atoms with Gasteiger partial charge in [0, 0.05) is 19.3 Å². The summed E-state index contributed by atoms with van der Waals surface area (Å²) in [5.41, 5.74) is 4.14. The van der Waals surface area contributed by atoms with Crippen LogP contribution < -0.4 is 0 Å². The van der Waals surface area contributed by atoms with Gasteiger partial charge in [0.1, 0.15) is 5.82 Å². The topological polar surface area (TPSA) is 38.1 Å². The molecule has 28 heavy (non-hydrogen) atoms. The first kappa shape index (κ1) is 18.4. The lowest BCUT2D eigenvalue weighted by molar-refractivity contribution is -0.131. The molecular formula is C23H24FN3O. The van der Waals surface area contributed by atoms with Crippen LogP contribution in [0.1, 0.15) is 35.4 Å². The molecule has 2 heterocycles. The minimum atomic E-state index is -0.269. The molecule has 1 aliphatic heterocycles. The van der Waals surface area contributed by atoms with Crippen molar-refractivity contribution < 1.29 is 9.18 Å². The van der Waals surface area contributed by atoms with Crippen LogP contribution in [0.3, 0.4) is 0 Å². The SMILES string of the molecule is Cc1ccc(CC(=O)N2CCC(c3cnn(-c4cccc(F)c4)c3)CC2)cc1. The molecule has 2 aromatic carbocycles. The van der Waals surface area contributed by atoms with Crippen LogP contribution >= 0.6 is 0 Å². The van der Waals surface area contributed by atoms with E-state index in [9.17, 15) is 9.18 Å². The van der Waals surface area contributed by atoms with Crippen LogP contribution in [0, 0.1) is 12.7 Å². The molecule has 1 aliphatic rings. The molecule has 144 valence electrons. The van der Waals surface area contributed by atoms with Crippen LogP contribution in [-0.4, -0.2) is 33.7 Å². The minimum Gasteiger partial charge on any atom is -0.342 e. The monoisotopic (exact) mass is 377 g/mol. The first-order valence-corrected chi connectivity index (χ1v) is 9.72. The molecule has 1 fully saturated rings. The number of rotatable bonds is 4. The number of carbonyl (C=O) groups is 1. The highest BCUT2D eigenvalue weighted by Gasteiger charge is 2.24. The van der Waals surface area contributed by atoms with Gasteiger partial charge >= 0.3 is 0 Å². The van der Waals surface area contributed by atoms with E-state index in [2.05, 4.69) is 5.10 Å². The number of amides is 1. The van der Waals surface area contributed by atoms with Gasteiger partial charge in [-0.15, -0.1) is 0 Å². The summed E-state index contributed by atoms with van der Waals surface area (Å²) in [5, 5.41) is 4.39. The Morgan fingerprint density at radius 3 is 2.61 bits per heavy atom. The van der Waals surface area contributed by atoms with Gasteiger partial charge in [-0.3, -0.25) is 4.79 Å². The summed E-state index contributed by atoms with van der Waals surface area (Å²) in [7, 11) is 0. The summed E-state index contributed by atoms with van der Waals surface area (Å²) in [6.45, 7) is 3.58. The third-order valence-corrected chi connectivity index (χ3v) is 5.47. The van der Waals surface area contributed by atoms with Crippen LogP contribution in [0.15, 0.2) is 60.9 Å². The molecule has 0 radical (unpaired) electrons. The van der Waals surface area contributed by atoms with Gasteiger partial charge in [0.05, 0.1) is 18.3 Å². The molecule has 0 bridgehead atoms. The first-order valence-electron chi connectivity index (χ1n) is 9.72. The van der Waals surface area contributed by atoms with Crippen LogP contribution in [0.2, 0.25) is 0 Å². The Kier molecular flexibility index (Phi) is 5.24. The van der Waals surface area contributed by atoms with Crippen molar-refractivity contribution in [2.75, 3.05) is 13.1 Å². The number of piperidine rings is 1. The second-order valence-corrected chi connectivity index (χ2v) is 7.52. The maximum atomic E-state index is 13.4. The molecule has 1 amide bonds. The first-order chi connectivity index (χ1) is 13.6. The highest BCUT2D eigenvalue weighted by Crippen LogP contribution is 2.28. The highest BCUT2D eigenvalue weighted by atomic mass is 19.1. The summed E-state index contributed by atoms with van der Waals surface area (Å²) in [6, 6.07) is 14.6. The maximum Gasteiger partial charge on any atom is 0.226 e. The number of nitrogens with zero attached hydrogens (tertiary/aromatic N) is 3. The zero-order chi connectivity index (χ0) is 19.5. The van der Waals surface area contributed by atoms with Gasteiger partial charge in [0.15, 0.2) is 0 Å². The predicted octanol–water partition coefficient (Wildman–Crippen LogP) is 4.27. The highest BCUT2D eigenvalue weighted by molar-refractivity contribution is 5.78. The van der Waals surface area contributed by atoms with Crippen LogP contribution in [0.5, 0.6) is 0 Å². The van der Waals surface area contributed by atoms with E-state index in [4.69, 9.17) is 0 Å². The number of likely N-dealkylation sites (tertiary alicyclic amines) is 1. The fraction of sp³-hybridized carbons (Fsp3) is 0.304. The zero-order valence-corrected chi connectivity index (χ0v) is 16.0. The smallest absolute Gasteiger partial charge is 0.226 e. The normalized spacial score (nSPS) is 15.0. The molecule has 0 saturated carbocycles. The van der Waals surface area contributed by atoms with Crippen LogP contribution in [0.25, 0.3) is 5.69 Å². The number of aryl methyl sites for hydroxylation is 1. The molecule has 3 aromatic rings. The number of carbonyl (C=O) groups excluding carboxylic acids is 1. The van der Waals surface area contributed by atoms with Crippen molar-refractivity contribution in [1.29, 1.82) is 0 Å². The molecule has 0 spiro atoms. The molecule has 5 heteroatoms. The van der Waals surface area contributed by atoms with Gasteiger partial charge in [-0.05, 0) is 55.0 Å². The molecule has 0 N–H and O–H groups in total. The van der Waals surface area contributed by atoms with Gasteiger partial charge in [0.2, 0.25) is 5.91 Å². The average molecular weight is 377 g/mol. The Hall–Kier alpha value is -2.95. The average Bonchev–Trinajstić information content (AvgIpc) is 3.20. The second kappa shape index (κ2) is 7.97. The second-order valence-electron chi connectivity index (χ2n) is 7.52. The summed E-state index contributed by atoms with van der Waals surface area (Å²) >= 11 is 0. The minimum absolute atomic E-state index is 0.192. The van der Waals surface area contributed by atoms with E-state index in [0.717, 1.165) is 42.7 Å². The Balaban J connectivity index is 1.35. The van der Waals surface area contributed by atoms with E-state index in [0.29, 0.717) is 12.3 Å². The predicted molar refractivity (Wildman–Crippen MR) is 107 cm³/mol. The summed E-state index contributed by atoms with van der Waals surface area (Å²) < 4.78 is 15.1. The van der Waals surface area contributed by atoms with Gasteiger partial charge < -0.3 is 4.90 Å². The number of halogens is 1. The van der Waals surface area contributed by atoms with E-state index in [1.165, 1.54) is 17.7 Å². The quantitative estimate of drug-likeness (QED) is 0.681. The Morgan fingerprint density at radius 2 is 1.89 bits per heavy atom. The summed E-state index contributed by atoms with van der Waals surface area (Å²) in [6.07, 6.45) is 6.15. The molecule has 0 atom stereocenters. The van der Waals surface area contributed by atoms with Crippen molar-refractivity contribution in [2.45, 2.75) is 32.1 Å². The van der Waals surface area contributed by atoms with E-state index >= 15 is 0 Å². The lowest BCUT2D eigenvalue weighted by atomic mass is 9.91. The van der Waals surface area contributed by atoms with Gasteiger partial charge in [-0.2, -0.15) is 5.10 Å². The van der Waals surface area contributed by atoms with Crippen molar-refractivity contribution in [3.63, 3.8) is 0 Å². The van der Waals surface area contributed by atoms with Crippen LogP contribution in [0.4, 0.5) is 4.39 Å². The Bertz CT molecular complexity index is 956. The van der Waals surface area contributed by atoms with Gasteiger partial charge in [-0.1, -0.05) is 35.9 Å². The van der Waals surface area contributed by atoms with E-state index in [-0.39, 0.29) is 11.7 Å². The van der Waals surface area contributed by atoms with E-state index in [1.807, 2.05) is 54.5 Å². The lowest BCUT2D eigenvalue weighted by Gasteiger charge is -2.31. The van der Waals surface area contributed by atoms with Gasteiger partial charge in [0.25, 0.3) is 0 Å². The van der Waals surface area contributed by atoms with E-state index < -0.39 is 0 Å². The molecule has 4 nitrogen and oxygen atoms in total. The zero-order valence-electron chi connectivity index (χ0n) is 16.0. The fourth-order valence-electron chi connectivity index (χ4n) is 3.76. The third-order valence-electron chi connectivity index (χ3n) is 5.47. The van der Waals surface area contributed by atoms with E-state index in [1.54, 1.807) is 10.7 Å². The number of hydrogen-bond acceptors (Lipinski definition) is 2. The van der Waals surface area contributed by atoms with Crippen molar-refractivity contribution in [2.24, 2.45) is 0 Å². The Morgan fingerprint density at radius 1 is 1.14 bits per heavy atom. The lowest BCUT2D eigenvalue weighted by Crippen LogP contribution is -2.38. The van der Waals surface area contributed by atoms with Crippen molar-refractivity contribution in [3.8, 4) is 5.69 Å². The van der Waals surface area contributed by atoms with Crippen molar-refractivity contribution in [1.82, 2.24) is 14.7 Å². The summed E-state index contributed by atoms with van der Waals surface area (Å²) in [4.78, 5) is 14.6. The van der Waals surface area contributed by atoms with Crippen LogP contribution in [-0.2, 0) is 11.2 Å². The summed E-state index contributed by atoms with van der Waals surface area (Å²) in [5.74, 6) is 0.304. The molecular weight excluding hydrogens is 353 g/mol. The molecule has 0 aliphatic carbocycles. The molecule has 1 aromatic heterocycles. The Labute approximate surface area is 164 Å². The number of aromatic nitrogens is 2. The maximum absolute atomic E-state index is 13.4. The largest absolute Gasteiger partial charge is 0.342 e. The number of benzene rings is 2. The van der Waals surface area contributed by atoms with Crippen molar-refractivity contribution >= 4 is 5.91 Å². The molecule has 4 rings (SSSR count). The van der Waals surface area contributed by atoms with Gasteiger partial charge in [-0.25, -0.2) is 9.07 Å². The molecule has 1 saturated heterocycles.